The summed E-state index contributed by atoms with van der Waals surface area (Å²) >= 11 is 0. The SMILES string of the molecule is CCCCC[C@H](CC(=O)N1CCN(C)CC1)C(=O)N[C@@H](Cc1ccccc1)C(=O)N1CCC=C1CO. The minimum atomic E-state index is -0.764. The van der Waals surface area contributed by atoms with Crippen LogP contribution in [-0.4, -0.2) is 89.9 Å². The number of benzene rings is 1. The van der Waals surface area contributed by atoms with Crippen LogP contribution in [0.15, 0.2) is 42.1 Å². The van der Waals surface area contributed by atoms with Crippen molar-refractivity contribution in [2.45, 2.75) is 57.9 Å². The van der Waals surface area contributed by atoms with E-state index in [1.165, 1.54) is 0 Å². The van der Waals surface area contributed by atoms with E-state index in [9.17, 15) is 19.5 Å². The van der Waals surface area contributed by atoms with Crippen LogP contribution in [0.2, 0.25) is 0 Å². The minimum Gasteiger partial charge on any atom is -0.390 e. The molecule has 198 valence electrons. The Kier molecular flexibility index (Phi) is 10.9. The zero-order valence-electron chi connectivity index (χ0n) is 21.8. The van der Waals surface area contributed by atoms with Crippen molar-refractivity contribution in [3.63, 3.8) is 0 Å². The first-order valence-electron chi connectivity index (χ1n) is 13.3. The zero-order chi connectivity index (χ0) is 25.9. The second-order valence-corrected chi connectivity index (χ2v) is 9.96. The molecular weight excluding hydrogens is 456 g/mol. The molecule has 36 heavy (non-hydrogen) atoms. The summed E-state index contributed by atoms with van der Waals surface area (Å²) < 4.78 is 0. The summed E-state index contributed by atoms with van der Waals surface area (Å²) in [7, 11) is 2.05. The van der Waals surface area contributed by atoms with Crippen LogP contribution in [0, 0.1) is 5.92 Å². The first-order valence-corrected chi connectivity index (χ1v) is 13.3. The standard InChI is InChI=1S/C28H42N4O4/c1-3-4-6-12-23(20-26(34)31-17-15-30(2)16-18-31)27(35)29-25(19-22-10-7-5-8-11-22)28(36)32-14-9-13-24(32)21-33/h5,7-8,10-11,13,23,25,33H,3-4,6,9,12,14-21H2,1-2H3,(H,29,35)/t23-,25+/m1/s1. The molecule has 0 bridgehead atoms. The van der Waals surface area contributed by atoms with Gasteiger partial charge in [0.15, 0.2) is 0 Å². The highest BCUT2D eigenvalue weighted by Crippen LogP contribution is 2.20. The Morgan fingerprint density at radius 2 is 1.75 bits per heavy atom. The lowest BCUT2D eigenvalue weighted by Gasteiger charge is -2.33. The van der Waals surface area contributed by atoms with Gasteiger partial charge in [-0.1, -0.05) is 62.6 Å². The molecule has 1 saturated heterocycles. The summed E-state index contributed by atoms with van der Waals surface area (Å²) in [6.07, 6.45) is 6.58. The highest BCUT2D eigenvalue weighted by molar-refractivity contribution is 5.91. The van der Waals surface area contributed by atoms with Gasteiger partial charge in [0, 0.05) is 57.2 Å². The first-order chi connectivity index (χ1) is 17.4. The summed E-state index contributed by atoms with van der Waals surface area (Å²) in [6.45, 7) is 5.43. The lowest BCUT2D eigenvalue weighted by molar-refractivity contribution is -0.139. The van der Waals surface area contributed by atoms with Crippen LogP contribution < -0.4 is 5.32 Å². The number of unbranched alkanes of at least 4 members (excludes halogenated alkanes) is 2. The topological polar surface area (TPSA) is 93.2 Å². The molecule has 2 aliphatic rings. The van der Waals surface area contributed by atoms with E-state index in [0.717, 1.165) is 37.9 Å². The molecule has 8 nitrogen and oxygen atoms in total. The van der Waals surface area contributed by atoms with Gasteiger partial charge in [-0.15, -0.1) is 0 Å². The minimum absolute atomic E-state index is 0.00993. The molecule has 1 fully saturated rings. The average Bonchev–Trinajstić information content (AvgIpc) is 3.37. The summed E-state index contributed by atoms with van der Waals surface area (Å²) in [5.41, 5.74) is 1.53. The normalized spacial score (nSPS) is 18.0. The maximum absolute atomic E-state index is 13.6. The molecule has 0 aromatic heterocycles. The summed E-state index contributed by atoms with van der Waals surface area (Å²) in [6, 6.07) is 8.86. The monoisotopic (exact) mass is 498 g/mol. The van der Waals surface area contributed by atoms with Crippen LogP contribution in [0.1, 0.15) is 51.0 Å². The number of amides is 3. The van der Waals surface area contributed by atoms with Crippen molar-refractivity contribution in [1.82, 2.24) is 20.0 Å². The van der Waals surface area contributed by atoms with E-state index in [1.807, 2.05) is 48.4 Å². The Hall–Kier alpha value is -2.71. The maximum Gasteiger partial charge on any atom is 0.249 e. The number of carbonyl (C=O) groups is 3. The van der Waals surface area contributed by atoms with Gasteiger partial charge in [0.1, 0.15) is 6.04 Å². The highest BCUT2D eigenvalue weighted by atomic mass is 16.3. The number of nitrogens with one attached hydrogen (secondary N) is 1. The fourth-order valence-corrected chi connectivity index (χ4v) is 4.91. The number of nitrogens with zero attached hydrogens (tertiary/aromatic N) is 3. The van der Waals surface area contributed by atoms with Gasteiger partial charge >= 0.3 is 0 Å². The number of likely N-dealkylation sites (N-methyl/N-ethyl adjacent to an activating group) is 1. The summed E-state index contributed by atoms with van der Waals surface area (Å²) in [5, 5.41) is 12.7. The first kappa shape index (κ1) is 27.9. The third kappa shape index (κ3) is 7.90. The lowest BCUT2D eigenvalue weighted by Crippen LogP contribution is -2.51. The zero-order valence-corrected chi connectivity index (χ0v) is 21.8. The van der Waals surface area contributed by atoms with Gasteiger partial charge < -0.3 is 25.1 Å². The molecule has 0 radical (unpaired) electrons. The molecule has 0 unspecified atom stereocenters. The Morgan fingerprint density at radius 3 is 2.42 bits per heavy atom. The smallest absolute Gasteiger partial charge is 0.249 e. The van der Waals surface area contributed by atoms with Gasteiger partial charge in [-0.05, 0) is 25.5 Å². The molecule has 0 saturated carbocycles. The Labute approximate surface area is 215 Å². The molecule has 2 atom stereocenters. The maximum atomic E-state index is 13.6. The second-order valence-electron chi connectivity index (χ2n) is 9.96. The van der Waals surface area contributed by atoms with Crippen LogP contribution in [0.5, 0.6) is 0 Å². The van der Waals surface area contributed by atoms with E-state index >= 15 is 0 Å². The van der Waals surface area contributed by atoms with Crippen molar-refractivity contribution in [2.24, 2.45) is 5.92 Å². The van der Waals surface area contributed by atoms with Gasteiger partial charge in [-0.2, -0.15) is 0 Å². The molecule has 2 heterocycles. The number of aliphatic hydroxyl groups excluding tert-OH is 1. The summed E-state index contributed by atoms with van der Waals surface area (Å²) in [4.78, 5) is 45.8. The quantitative estimate of drug-likeness (QED) is 0.431. The number of hydrogen-bond donors (Lipinski definition) is 2. The Bertz CT molecular complexity index is 896. The molecule has 2 N–H and O–H groups in total. The number of aliphatic hydroxyl groups is 1. The predicted octanol–water partition coefficient (Wildman–Crippen LogP) is 2.18. The van der Waals surface area contributed by atoms with Crippen LogP contribution in [-0.2, 0) is 20.8 Å². The third-order valence-corrected chi connectivity index (χ3v) is 7.21. The van der Waals surface area contributed by atoms with Crippen LogP contribution in [0.4, 0.5) is 0 Å². The fraction of sp³-hybridized carbons (Fsp3) is 0.607. The summed E-state index contributed by atoms with van der Waals surface area (Å²) in [5.74, 6) is -0.920. The van der Waals surface area contributed by atoms with Gasteiger partial charge in [0.05, 0.1) is 6.61 Å². The Balaban J connectivity index is 1.73. The van der Waals surface area contributed by atoms with Gasteiger partial charge in [-0.25, -0.2) is 0 Å². The van der Waals surface area contributed by atoms with E-state index in [2.05, 4.69) is 17.1 Å². The molecular formula is C28H42N4O4. The van der Waals surface area contributed by atoms with E-state index in [-0.39, 0.29) is 30.7 Å². The van der Waals surface area contributed by atoms with Crippen molar-refractivity contribution in [2.75, 3.05) is 46.4 Å². The van der Waals surface area contributed by atoms with Crippen molar-refractivity contribution in [3.05, 3.63) is 47.7 Å². The number of rotatable bonds is 12. The van der Waals surface area contributed by atoms with Crippen molar-refractivity contribution in [1.29, 1.82) is 0 Å². The average molecular weight is 499 g/mol. The molecule has 1 aromatic rings. The van der Waals surface area contributed by atoms with E-state index in [1.54, 1.807) is 4.90 Å². The lowest BCUT2D eigenvalue weighted by atomic mass is 9.94. The third-order valence-electron chi connectivity index (χ3n) is 7.21. The molecule has 1 aromatic carbocycles. The molecule has 2 aliphatic heterocycles. The van der Waals surface area contributed by atoms with Crippen molar-refractivity contribution >= 4 is 17.7 Å². The predicted molar refractivity (Wildman–Crippen MR) is 140 cm³/mol. The van der Waals surface area contributed by atoms with Gasteiger partial charge in [0.25, 0.3) is 0 Å². The molecule has 8 heteroatoms. The van der Waals surface area contributed by atoms with Gasteiger partial charge in [-0.3, -0.25) is 14.4 Å². The second kappa shape index (κ2) is 14.1. The fourth-order valence-electron chi connectivity index (χ4n) is 4.91. The van der Waals surface area contributed by atoms with Crippen molar-refractivity contribution < 1.29 is 19.5 Å². The van der Waals surface area contributed by atoms with Gasteiger partial charge in [0.2, 0.25) is 17.7 Å². The van der Waals surface area contributed by atoms with Crippen molar-refractivity contribution in [3.8, 4) is 0 Å². The van der Waals surface area contributed by atoms with E-state index in [4.69, 9.17) is 0 Å². The van der Waals surface area contributed by atoms with Crippen LogP contribution in [0.25, 0.3) is 0 Å². The van der Waals surface area contributed by atoms with E-state index in [0.29, 0.717) is 44.6 Å². The highest BCUT2D eigenvalue weighted by Gasteiger charge is 2.33. The molecule has 3 rings (SSSR count). The Morgan fingerprint density at radius 1 is 1.03 bits per heavy atom. The molecule has 3 amide bonds. The van der Waals surface area contributed by atoms with Crippen LogP contribution in [0.3, 0.4) is 0 Å². The van der Waals surface area contributed by atoms with Crippen LogP contribution >= 0.6 is 0 Å². The molecule has 0 aliphatic carbocycles. The largest absolute Gasteiger partial charge is 0.390 e. The number of carbonyl (C=O) groups excluding carboxylic acids is 3. The van der Waals surface area contributed by atoms with E-state index < -0.39 is 12.0 Å². The molecule has 0 spiro atoms. The number of hydrogen-bond acceptors (Lipinski definition) is 5. The number of piperazine rings is 1.